The molecule has 0 radical (unpaired) electrons. The molecule has 0 spiro atoms. The molecule has 4 aromatic carbocycles. The maximum absolute atomic E-state index is 11.1. The van der Waals surface area contributed by atoms with Crippen molar-refractivity contribution in [1.29, 1.82) is 0 Å². The number of anilines is 1. The molecule has 2 heterocycles. The Morgan fingerprint density at radius 2 is 1.26 bits per heavy atom. The highest BCUT2D eigenvalue weighted by Gasteiger charge is 2.24. The smallest absolute Gasteiger partial charge is 0.335 e. The number of rotatable bonds is 13. The molecule has 1 aromatic heterocycles. The number of ether oxygens (including phenoxy) is 3. The van der Waals surface area contributed by atoms with Crippen molar-refractivity contribution in [3.8, 4) is 28.0 Å². The van der Waals surface area contributed by atoms with Gasteiger partial charge < -0.3 is 34.4 Å². The lowest BCUT2D eigenvalue weighted by Crippen LogP contribution is -2.39. The number of piperidine rings is 1. The Kier molecular flexibility index (Phi) is 16.8. The first-order valence-corrected chi connectivity index (χ1v) is 19.9. The van der Waals surface area contributed by atoms with Gasteiger partial charge in [-0.15, -0.1) is 0 Å². The van der Waals surface area contributed by atoms with E-state index in [2.05, 4.69) is 36.3 Å². The Balaban J connectivity index is 0.000000190. The van der Waals surface area contributed by atoms with E-state index in [1.54, 1.807) is 75.1 Å². The summed E-state index contributed by atoms with van der Waals surface area (Å²) < 4.78 is 15.7. The summed E-state index contributed by atoms with van der Waals surface area (Å²) in [5.74, 6) is -2.17. The van der Waals surface area contributed by atoms with E-state index in [4.69, 9.17) is 29.5 Å². The number of carboxylic acid groups (broad SMARTS) is 3. The highest BCUT2D eigenvalue weighted by molar-refractivity contribution is 7.08. The van der Waals surface area contributed by atoms with E-state index >= 15 is 0 Å². The van der Waals surface area contributed by atoms with Crippen LogP contribution < -0.4 is 9.64 Å². The quantitative estimate of drug-likeness (QED) is 0.105. The van der Waals surface area contributed by atoms with Crippen molar-refractivity contribution < 1.29 is 43.9 Å². The lowest BCUT2D eigenvalue weighted by atomic mass is 9.93. The SMILES string of the molecule is CCC1CCCCN1c1ccc(C(=O)O)cc1COC.CCc1ccccc1-c1ccc(C(=O)O)cc1COC.COc1cc(C(=O)O)ccc1-c1cscc1C. The molecule has 10 nitrogen and oxygen atoms in total. The van der Waals surface area contributed by atoms with Crippen LogP contribution >= 0.6 is 11.3 Å². The van der Waals surface area contributed by atoms with E-state index < -0.39 is 17.9 Å². The predicted octanol–water partition coefficient (Wildman–Crippen LogP) is 10.5. The van der Waals surface area contributed by atoms with Gasteiger partial charge in [0.1, 0.15) is 5.75 Å². The third-order valence-electron chi connectivity index (χ3n) is 9.97. The van der Waals surface area contributed by atoms with Gasteiger partial charge in [0.15, 0.2) is 0 Å². The maximum atomic E-state index is 11.1. The second kappa shape index (κ2) is 21.7. The van der Waals surface area contributed by atoms with Crippen LogP contribution in [0.4, 0.5) is 5.69 Å². The summed E-state index contributed by atoms with van der Waals surface area (Å²) in [4.78, 5) is 35.5. The number of benzene rings is 4. The van der Waals surface area contributed by atoms with E-state index in [0.717, 1.165) is 64.0 Å². The zero-order chi connectivity index (χ0) is 41.5. The Labute approximate surface area is 339 Å². The summed E-state index contributed by atoms with van der Waals surface area (Å²) in [6.07, 6.45) is 5.74. The molecule has 0 aliphatic carbocycles. The molecule has 1 aliphatic heterocycles. The molecule has 6 rings (SSSR count). The van der Waals surface area contributed by atoms with Crippen LogP contribution in [0.5, 0.6) is 5.75 Å². The van der Waals surface area contributed by atoms with Crippen molar-refractivity contribution in [3.05, 3.63) is 129 Å². The van der Waals surface area contributed by atoms with Crippen LogP contribution in [-0.2, 0) is 29.1 Å². The van der Waals surface area contributed by atoms with E-state index in [9.17, 15) is 14.4 Å². The summed E-state index contributed by atoms with van der Waals surface area (Å²) in [7, 11) is 4.81. The van der Waals surface area contributed by atoms with Gasteiger partial charge >= 0.3 is 17.9 Å². The highest BCUT2D eigenvalue weighted by atomic mass is 32.1. The Morgan fingerprint density at radius 3 is 1.84 bits per heavy atom. The standard InChI is InChI=1S/C17H18O3.C16H23NO3.C13H12O3S/c1-3-12-6-4-5-7-15(12)16-9-8-13(17(18)19)10-14(16)11-20-2;1-3-14-6-4-5-9-17(14)15-8-7-12(16(18)19)10-13(15)11-20-2;1-8-6-17-7-11(8)10-4-3-9(13(14)15)5-12(10)16-2/h4-10H,3,11H2,1-2H3,(H,18,19);7-8,10,14H,3-6,9,11H2,1-2H3,(H,18,19);3-7H,1-2H3,(H,14,15). The second-order valence-electron chi connectivity index (χ2n) is 13.6. The molecule has 1 unspecified atom stereocenters. The monoisotopic (exact) mass is 795 g/mol. The fourth-order valence-electron chi connectivity index (χ4n) is 7.05. The van der Waals surface area contributed by atoms with Crippen molar-refractivity contribution in [1.82, 2.24) is 0 Å². The normalized spacial score (nSPS) is 13.4. The largest absolute Gasteiger partial charge is 0.496 e. The molecule has 0 saturated carbocycles. The number of carboxylic acids is 3. The summed E-state index contributed by atoms with van der Waals surface area (Å²) in [5.41, 5.74) is 10.4. The molecule has 0 amide bonds. The number of methoxy groups -OCH3 is 3. The molecule has 1 aliphatic rings. The number of thiophene rings is 1. The first kappa shape index (κ1) is 44.2. The van der Waals surface area contributed by atoms with Crippen LogP contribution in [0.15, 0.2) is 89.6 Å². The van der Waals surface area contributed by atoms with Crippen molar-refractivity contribution in [2.45, 2.75) is 72.1 Å². The fourth-order valence-corrected chi connectivity index (χ4v) is 7.90. The number of aryl methyl sites for hydroxylation is 2. The van der Waals surface area contributed by atoms with Gasteiger partial charge in [0.25, 0.3) is 0 Å². The van der Waals surface area contributed by atoms with Gasteiger partial charge in [-0.1, -0.05) is 44.2 Å². The third kappa shape index (κ3) is 11.5. The number of carbonyl (C=O) groups is 3. The van der Waals surface area contributed by atoms with E-state index in [0.29, 0.717) is 30.6 Å². The number of hydrogen-bond acceptors (Lipinski definition) is 8. The molecule has 302 valence electrons. The zero-order valence-corrected chi connectivity index (χ0v) is 34.4. The van der Waals surface area contributed by atoms with Crippen molar-refractivity contribution in [2.24, 2.45) is 0 Å². The first-order valence-electron chi connectivity index (χ1n) is 19.0. The molecular weight excluding hydrogens is 743 g/mol. The predicted molar refractivity (Wildman–Crippen MR) is 226 cm³/mol. The van der Waals surface area contributed by atoms with Gasteiger partial charge in [-0.25, -0.2) is 14.4 Å². The lowest BCUT2D eigenvalue weighted by molar-refractivity contribution is 0.0685. The first-order chi connectivity index (χ1) is 27.5. The van der Waals surface area contributed by atoms with Crippen LogP contribution in [0.3, 0.4) is 0 Å². The van der Waals surface area contributed by atoms with Crippen LogP contribution in [-0.4, -0.2) is 67.1 Å². The van der Waals surface area contributed by atoms with Crippen molar-refractivity contribution in [2.75, 3.05) is 32.8 Å². The van der Waals surface area contributed by atoms with E-state index in [-0.39, 0.29) is 11.1 Å². The summed E-state index contributed by atoms with van der Waals surface area (Å²) in [6, 6.07) is 24.2. The van der Waals surface area contributed by atoms with Gasteiger partial charge in [0, 0.05) is 43.6 Å². The molecule has 1 atom stereocenters. The van der Waals surface area contributed by atoms with Gasteiger partial charge in [0.2, 0.25) is 0 Å². The summed E-state index contributed by atoms with van der Waals surface area (Å²) in [5, 5.41) is 31.2. The number of hydrogen-bond donors (Lipinski definition) is 3. The van der Waals surface area contributed by atoms with Crippen LogP contribution in [0.1, 0.15) is 92.9 Å². The molecular formula is C46H53NO9S. The average molecular weight is 796 g/mol. The average Bonchev–Trinajstić information content (AvgIpc) is 3.66. The van der Waals surface area contributed by atoms with Crippen molar-refractivity contribution in [3.63, 3.8) is 0 Å². The molecule has 11 heteroatoms. The fraction of sp³-hybridized carbons (Fsp3) is 0.326. The molecule has 57 heavy (non-hydrogen) atoms. The lowest BCUT2D eigenvalue weighted by Gasteiger charge is -2.38. The Hall–Kier alpha value is -5.49. The maximum Gasteiger partial charge on any atom is 0.335 e. The number of aromatic carboxylic acids is 3. The second-order valence-corrected chi connectivity index (χ2v) is 14.4. The molecule has 5 aromatic rings. The molecule has 1 saturated heterocycles. The Morgan fingerprint density at radius 1 is 0.684 bits per heavy atom. The van der Waals surface area contributed by atoms with E-state index in [1.807, 2.05) is 36.6 Å². The molecule has 3 N–H and O–H groups in total. The van der Waals surface area contributed by atoms with Crippen LogP contribution in [0.2, 0.25) is 0 Å². The summed E-state index contributed by atoms with van der Waals surface area (Å²) >= 11 is 1.62. The minimum absolute atomic E-state index is 0.235. The van der Waals surface area contributed by atoms with Gasteiger partial charge in [-0.2, -0.15) is 11.3 Å². The van der Waals surface area contributed by atoms with Gasteiger partial charge in [0.05, 0.1) is 37.0 Å². The third-order valence-corrected chi connectivity index (χ3v) is 10.8. The topological polar surface area (TPSA) is 143 Å². The number of nitrogens with zero attached hydrogens (tertiary/aromatic N) is 1. The summed E-state index contributed by atoms with van der Waals surface area (Å²) in [6.45, 7) is 8.24. The minimum atomic E-state index is -0.947. The van der Waals surface area contributed by atoms with Crippen LogP contribution in [0.25, 0.3) is 22.3 Å². The minimum Gasteiger partial charge on any atom is -0.496 e. The van der Waals surface area contributed by atoms with Gasteiger partial charge in [-0.05, 0) is 132 Å². The van der Waals surface area contributed by atoms with Gasteiger partial charge in [-0.3, -0.25) is 0 Å². The zero-order valence-electron chi connectivity index (χ0n) is 33.5. The molecule has 0 bridgehead atoms. The van der Waals surface area contributed by atoms with Crippen molar-refractivity contribution >= 4 is 34.9 Å². The highest BCUT2D eigenvalue weighted by Crippen LogP contribution is 2.35. The Bertz CT molecular complexity index is 2120. The molecule has 1 fully saturated rings. The van der Waals surface area contributed by atoms with Crippen LogP contribution in [0, 0.1) is 6.92 Å². The van der Waals surface area contributed by atoms with E-state index in [1.165, 1.54) is 24.8 Å².